The van der Waals surface area contributed by atoms with Gasteiger partial charge in [0.25, 0.3) is 0 Å². The SMILES string of the molecule is O=C(O)c1sccc1S(=O)(=O)NCc1cc(Br)cs1. The monoisotopic (exact) mass is 381 g/mol. The molecule has 0 spiro atoms. The van der Waals surface area contributed by atoms with Crippen LogP contribution in [0.25, 0.3) is 0 Å². The standard InChI is InChI=1S/C10H8BrNO4S3/c11-6-3-7(18-5-6)4-12-19(15,16)8-1-2-17-9(8)10(13)14/h1-3,5,12H,4H2,(H,13,14). The van der Waals surface area contributed by atoms with Crippen LogP contribution in [0.3, 0.4) is 0 Å². The fourth-order valence-corrected chi connectivity index (χ4v) is 5.10. The van der Waals surface area contributed by atoms with Crippen molar-refractivity contribution in [1.82, 2.24) is 4.72 Å². The summed E-state index contributed by atoms with van der Waals surface area (Å²) >= 11 is 5.58. The molecule has 0 aromatic carbocycles. The van der Waals surface area contributed by atoms with Crippen LogP contribution in [0.4, 0.5) is 0 Å². The molecular formula is C10H8BrNO4S3. The average Bonchev–Trinajstić information content (AvgIpc) is 2.94. The minimum Gasteiger partial charge on any atom is -0.477 e. The van der Waals surface area contributed by atoms with E-state index in [1.807, 2.05) is 5.38 Å². The number of nitrogens with one attached hydrogen (secondary N) is 1. The molecule has 0 atom stereocenters. The maximum Gasteiger partial charge on any atom is 0.347 e. The Morgan fingerprint density at radius 3 is 2.74 bits per heavy atom. The molecule has 2 heterocycles. The Balaban J connectivity index is 2.18. The van der Waals surface area contributed by atoms with E-state index in [0.717, 1.165) is 20.7 Å². The Kier molecular flexibility index (Phi) is 4.41. The van der Waals surface area contributed by atoms with Crippen LogP contribution in [-0.2, 0) is 16.6 Å². The minimum absolute atomic E-state index is 0.132. The van der Waals surface area contributed by atoms with E-state index in [1.54, 1.807) is 6.07 Å². The number of halogens is 1. The lowest BCUT2D eigenvalue weighted by Crippen LogP contribution is -2.23. The Morgan fingerprint density at radius 2 is 2.16 bits per heavy atom. The lowest BCUT2D eigenvalue weighted by molar-refractivity contribution is 0.0698. The van der Waals surface area contributed by atoms with Gasteiger partial charge in [-0.1, -0.05) is 0 Å². The van der Waals surface area contributed by atoms with Gasteiger partial charge in [-0.25, -0.2) is 17.9 Å². The quantitative estimate of drug-likeness (QED) is 0.833. The summed E-state index contributed by atoms with van der Waals surface area (Å²) in [7, 11) is -3.81. The summed E-state index contributed by atoms with van der Waals surface area (Å²) in [6.07, 6.45) is 0. The maximum atomic E-state index is 12.0. The Hall–Kier alpha value is -0.740. The van der Waals surface area contributed by atoms with Gasteiger partial charge in [0.1, 0.15) is 9.77 Å². The molecule has 9 heteroatoms. The van der Waals surface area contributed by atoms with Crippen LogP contribution in [0.2, 0.25) is 0 Å². The van der Waals surface area contributed by atoms with Crippen LogP contribution >= 0.6 is 38.6 Å². The molecule has 0 aliphatic heterocycles. The molecule has 0 fully saturated rings. The molecule has 2 aromatic rings. The highest BCUT2D eigenvalue weighted by Gasteiger charge is 2.23. The molecule has 0 aliphatic carbocycles. The van der Waals surface area contributed by atoms with Gasteiger partial charge in [-0.15, -0.1) is 22.7 Å². The molecule has 0 bridgehead atoms. The van der Waals surface area contributed by atoms with Gasteiger partial charge in [0.15, 0.2) is 0 Å². The van der Waals surface area contributed by atoms with Gasteiger partial charge in [-0.2, -0.15) is 0 Å². The van der Waals surface area contributed by atoms with Crippen molar-refractivity contribution in [3.8, 4) is 0 Å². The van der Waals surface area contributed by atoms with Crippen LogP contribution in [0.1, 0.15) is 14.5 Å². The predicted octanol–water partition coefficient (Wildman–Crippen LogP) is 2.75. The molecule has 2 N–H and O–H groups in total. The van der Waals surface area contributed by atoms with Crippen LogP contribution in [-0.4, -0.2) is 19.5 Å². The zero-order valence-electron chi connectivity index (χ0n) is 9.29. The second kappa shape index (κ2) is 5.71. The highest BCUT2D eigenvalue weighted by atomic mass is 79.9. The second-order valence-corrected chi connectivity index (χ2v) is 8.04. The Labute approximate surface area is 126 Å². The van der Waals surface area contributed by atoms with Crippen molar-refractivity contribution in [2.24, 2.45) is 0 Å². The van der Waals surface area contributed by atoms with Crippen molar-refractivity contribution < 1.29 is 18.3 Å². The molecule has 0 radical (unpaired) electrons. The number of carbonyl (C=O) groups is 1. The maximum absolute atomic E-state index is 12.0. The van der Waals surface area contributed by atoms with Crippen molar-refractivity contribution in [1.29, 1.82) is 0 Å². The van der Waals surface area contributed by atoms with Gasteiger partial charge < -0.3 is 5.11 Å². The van der Waals surface area contributed by atoms with E-state index in [4.69, 9.17) is 5.11 Å². The van der Waals surface area contributed by atoms with E-state index in [9.17, 15) is 13.2 Å². The lowest BCUT2D eigenvalue weighted by atomic mass is 10.5. The number of thiophene rings is 2. The fourth-order valence-electron chi connectivity index (χ4n) is 1.36. The van der Waals surface area contributed by atoms with E-state index >= 15 is 0 Å². The highest BCUT2D eigenvalue weighted by molar-refractivity contribution is 9.10. The number of rotatable bonds is 5. The second-order valence-electron chi connectivity index (χ2n) is 3.47. The van der Waals surface area contributed by atoms with Gasteiger partial charge >= 0.3 is 5.97 Å². The molecule has 102 valence electrons. The number of sulfonamides is 1. The van der Waals surface area contributed by atoms with Gasteiger partial charge in [0, 0.05) is 21.3 Å². The van der Waals surface area contributed by atoms with Crippen LogP contribution in [0.5, 0.6) is 0 Å². The zero-order chi connectivity index (χ0) is 14.0. The van der Waals surface area contributed by atoms with Crippen molar-refractivity contribution in [3.63, 3.8) is 0 Å². The van der Waals surface area contributed by atoms with E-state index < -0.39 is 16.0 Å². The molecule has 0 unspecified atom stereocenters. The van der Waals surface area contributed by atoms with Gasteiger partial charge in [0.05, 0.1) is 0 Å². The predicted molar refractivity (Wildman–Crippen MR) is 77.3 cm³/mol. The van der Waals surface area contributed by atoms with E-state index in [2.05, 4.69) is 20.7 Å². The summed E-state index contributed by atoms with van der Waals surface area (Å²) in [6.45, 7) is 0.132. The average molecular weight is 382 g/mol. The molecule has 2 aromatic heterocycles. The first-order chi connectivity index (χ1) is 8.90. The number of hydrogen-bond acceptors (Lipinski definition) is 5. The number of carboxylic acids is 1. The fraction of sp³-hybridized carbons (Fsp3) is 0.100. The Morgan fingerprint density at radius 1 is 1.42 bits per heavy atom. The third-order valence-electron chi connectivity index (χ3n) is 2.17. The zero-order valence-corrected chi connectivity index (χ0v) is 13.3. The third kappa shape index (κ3) is 3.42. The molecule has 0 aliphatic rings. The van der Waals surface area contributed by atoms with Crippen molar-refractivity contribution in [2.75, 3.05) is 0 Å². The molecule has 0 amide bonds. The normalized spacial score (nSPS) is 11.6. The van der Waals surface area contributed by atoms with Crippen molar-refractivity contribution >= 4 is 54.6 Å². The van der Waals surface area contributed by atoms with Crippen molar-refractivity contribution in [3.05, 3.63) is 37.1 Å². The number of hydrogen-bond donors (Lipinski definition) is 2. The Bertz CT molecular complexity index is 704. The first-order valence-corrected chi connectivity index (χ1v) is 8.97. The molecule has 0 saturated heterocycles. The topological polar surface area (TPSA) is 83.5 Å². The minimum atomic E-state index is -3.81. The summed E-state index contributed by atoms with van der Waals surface area (Å²) in [5.74, 6) is -1.24. The van der Waals surface area contributed by atoms with Gasteiger partial charge in [-0.05, 0) is 33.4 Å². The molecule has 19 heavy (non-hydrogen) atoms. The summed E-state index contributed by atoms with van der Waals surface area (Å²) in [5.41, 5.74) is 0. The van der Waals surface area contributed by atoms with Gasteiger partial charge in [-0.3, -0.25) is 0 Å². The van der Waals surface area contributed by atoms with Crippen LogP contribution in [0.15, 0.2) is 32.3 Å². The smallest absolute Gasteiger partial charge is 0.347 e. The third-order valence-corrected chi connectivity index (χ3v) is 6.34. The van der Waals surface area contributed by atoms with Crippen molar-refractivity contribution in [2.45, 2.75) is 11.4 Å². The van der Waals surface area contributed by atoms with E-state index in [1.165, 1.54) is 22.8 Å². The lowest BCUT2D eigenvalue weighted by Gasteiger charge is -2.04. The molecule has 0 saturated carbocycles. The summed E-state index contributed by atoms with van der Waals surface area (Å²) in [4.78, 5) is 11.4. The summed E-state index contributed by atoms with van der Waals surface area (Å²) in [5, 5.41) is 12.2. The molecule has 2 rings (SSSR count). The largest absolute Gasteiger partial charge is 0.477 e. The van der Waals surface area contributed by atoms with Gasteiger partial charge in [0.2, 0.25) is 10.0 Å². The highest BCUT2D eigenvalue weighted by Crippen LogP contribution is 2.23. The molecule has 5 nitrogen and oxygen atoms in total. The van der Waals surface area contributed by atoms with E-state index in [0.29, 0.717) is 0 Å². The van der Waals surface area contributed by atoms with E-state index in [-0.39, 0.29) is 16.3 Å². The number of carboxylic acid groups (broad SMARTS) is 1. The molecular weight excluding hydrogens is 374 g/mol. The van der Waals surface area contributed by atoms with Crippen LogP contribution < -0.4 is 4.72 Å². The summed E-state index contributed by atoms with van der Waals surface area (Å²) < 4.78 is 27.3. The van der Waals surface area contributed by atoms with Crippen LogP contribution in [0, 0.1) is 0 Å². The first-order valence-electron chi connectivity index (χ1n) is 4.93. The number of aromatic carboxylic acids is 1. The summed E-state index contributed by atoms with van der Waals surface area (Å²) in [6, 6.07) is 3.10. The first kappa shape index (κ1) is 14.7.